The molecule has 0 fully saturated rings. The quantitative estimate of drug-likeness (QED) is 0.360. The number of carbonyl (C=O) groups is 3. The number of anilines is 1. The Morgan fingerprint density at radius 1 is 1.10 bits per heavy atom. The summed E-state index contributed by atoms with van der Waals surface area (Å²) < 4.78 is 17.1. The van der Waals surface area contributed by atoms with Crippen LogP contribution in [0.3, 0.4) is 0 Å². The lowest BCUT2D eigenvalue weighted by molar-refractivity contribution is 0.0474. The highest BCUT2D eigenvalue weighted by atomic mass is 16.5. The van der Waals surface area contributed by atoms with Crippen molar-refractivity contribution in [2.24, 2.45) is 0 Å². The van der Waals surface area contributed by atoms with E-state index in [0.29, 0.717) is 17.9 Å². The molecule has 0 bridgehead atoms. The fourth-order valence-electron chi connectivity index (χ4n) is 3.10. The molecule has 1 aromatic heterocycles. The molecule has 0 atom stereocenters. The molecule has 0 radical (unpaired) electrons. The Balaban J connectivity index is 1.99. The Bertz CT molecular complexity index is 903. The fourth-order valence-corrected chi connectivity index (χ4v) is 3.10. The molecule has 0 aliphatic rings. The van der Waals surface area contributed by atoms with Crippen LogP contribution in [0.15, 0.2) is 30.3 Å². The summed E-state index contributed by atoms with van der Waals surface area (Å²) in [6, 6.07) is 8.04. The van der Waals surface area contributed by atoms with Crippen molar-refractivity contribution in [3.05, 3.63) is 52.8 Å². The molecule has 1 aromatic carbocycles. The molecule has 2 rings (SSSR count). The van der Waals surface area contributed by atoms with Gasteiger partial charge in [0.25, 0.3) is 0 Å². The van der Waals surface area contributed by atoms with Crippen molar-refractivity contribution in [1.29, 1.82) is 0 Å². The third-order valence-corrected chi connectivity index (χ3v) is 4.56. The highest BCUT2D eigenvalue weighted by Gasteiger charge is 2.18. The number of hydrogen-bond acceptors (Lipinski definition) is 6. The molecule has 0 saturated carbocycles. The van der Waals surface area contributed by atoms with Crippen LogP contribution in [0.2, 0.25) is 0 Å². The molecule has 8 heteroatoms. The number of aryl methyl sites for hydroxylation is 1. The van der Waals surface area contributed by atoms with Gasteiger partial charge in [-0.25, -0.2) is 9.59 Å². The van der Waals surface area contributed by atoms with Crippen molar-refractivity contribution in [2.45, 2.75) is 33.7 Å². The molecule has 1 N–H and O–H groups in total. The van der Waals surface area contributed by atoms with Gasteiger partial charge in [0.05, 0.1) is 12.2 Å². The average molecular weight is 416 g/mol. The highest BCUT2D eigenvalue weighted by Crippen LogP contribution is 2.17. The molecule has 0 unspecified atom stereocenters. The first-order valence-corrected chi connectivity index (χ1v) is 9.77. The lowest BCUT2D eigenvalue weighted by atomic mass is 10.1. The van der Waals surface area contributed by atoms with Gasteiger partial charge in [0, 0.05) is 42.9 Å². The van der Waals surface area contributed by atoms with E-state index < -0.39 is 12.1 Å². The first-order valence-electron chi connectivity index (χ1n) is 9.77. The summed E-state index contributed by atoms with van der Waals surface area (Å²) in [6.07, 6.45) is 0.227. The summed E-state index contributed by atoms with van der Waals surface area (Å²) in [4.78, 5) is 36.4. The molecular weight excluding hydrogens is 388 g/mol. The molecule has 8 nitrogen and oxygen atoms in total. The number of rotatable bonds is 10. The first-order chi connectivity index (χ1) is 14.4. The number of amides is 1. The van der Waals surface area contributed by atoms with Gasteiger partial charge in [-0.15, -0.1) is 0 Å². The van der Waals surface area contributed by atoms with E-state index in [1.54, 1.807) is 32.2 Å². The van der Waals surface area contributed by atoms with Crippen molar-refractivity contribution in [3.8, 4) is 0 Å². The predicted molar refractivity (Wildman–Crippen MR) is 112 cm³/mol. The standard InChI is InChI=1S/C22H28N2O6/c1-5-29-22(27)23-18-9-6-8-17(13-18)21(26)30-14-20(25)19-12-15(2)24(16(19)3)10-7-11-28-4/h6,8-9,12-13H,5,7,10-11,14H2,1-4H3,(H,23,27). The SMILES string of the molecule is CCOC(=O)Nc1cccc(C(=O)OCC(=O)c2cc(C)n(CCCOC)c2C)c1. The van der Waals surface area contributed by atoms with Crippen LogP contribution in [0.4, 0.5) is 10.5 Å². The van der Waals surface area contributed by atoms with Gasteiger partial charge in [0.2, 0.25) is 5.78 Å². The van der Waals surface area contributed by atoms with Crippen molar-refractivity contribution in [3.63, 3.8) is 0 Å². The van der Waals surface area contributed by atoms with Gasteiger partial charge in [0.15, 0.2) is 6.61 Å². The van der Waals surface area contributed by atoms with E-state index in [2.05, 4.69) is 9.88 Å². The van der Waals surface area contributed by atoms with Crippen LogP contribution in [0.1, 0.15) is 45.4 Å². The van der Waals surface area contributed by atoms with E-state index >= 15 is 0 Å². The van der Waals surface area contributed by atoms with Gasteiger partial charge in [-0.3, -0.25) is 10.1 Å². The summed E-state index contributed by atoms with van der Waals surface area (Å²) >= 11 is 0. The second-order valence-corrected chi connectivity index (χ2v) is 6.71. The van der Waals surface area contributed by atoms with E-state index in [9.17, 15) is 14.4 Å². The summed E-state index contributed by atoms with van der Waals surface area (Å²) in [7, 11) is 1.65. The lowest BCUT2D eigenvalue weighted by Gasteiger charge is -2.10. The maximum Gasteiger partial charge on any atom is 0.411 e. The van der Waals surface area contributed by atoms with E-state index in [0.717, 1.165) is 24.4 Å². The number of aromatic nitrogens is 1. The Morgan fingerprint density at radius 3 is 2.57 bits per heavy atom. The minimum atomic E-state index is -0.648. The normalized spacial score (nSPS) is 10.5. The van der Waals surface area contributed by atoms with Gasteiger partial charge < -0.3 is 18.8 Å². The number of ether oxygens (including phenoxy) is 3. The van der Waals surface area contributed by atoms with Gasteiger partial charge in [-0.2, -0.15) is 0 Å². The third kappa shape index (κ3) is 6.18. The van der Waals surface area contributed by atoms with E-state index in [1.165, 1.54) is 6.07 Å². The van der Waals surface area contributed by atoms with Crippen LogP contribution >= 0.6 is 0 Å². The smallest absolute Gasteiger partial charge is 0.411 e. The summed E-state index contributed by atoms with van der Waals surface area (Å²) in [6.45, 7) is 6.77. The molecule has 30 heavy (non-hydrogen) atoms. The molecule has 1 heterocycles. The number of carbonyl (C=O) groups excluding carboxylic acids is 3. The molecule has 0 aliphatic heterocycles. The largest absolute Gasteiger partial charge is 0.454 e. The molecular formula is C22H28N2O6. The summed E-state index contributed by atoms with van der Waals surface area (Å²) in [5.74, 6) is -0.917. The molecule has 0 aliphatic carbocycles. The zero-order valence-corrected chi connectivity index (χ0v) is 17.8. The van der Waals surface area contributed by atoms with Gasteiger partial charge >= 0.3 is 12.1 Å². The Hall–Kier alpha value is -3.13. The van der Waals surface area contributed by atoms with E-state index in [1.807, 2.05) is 19.9 Å². The van der Waals surface area contributed by atoms with Crippen molar-refractivity contribution in [1.82, 2.24) is 4.57 Å². The van der Waals surface area contributed by atoms with Crippen LogP contribution in [-0.2, 0) is 20.8 Å². The van der Waals surface area contributed by atoms with Crippen LogP contribution in [0, 0.1) is 13.8 Å². The third-order valence-electron chi connectivity index (χ3n) is 4.56. The molecule has 2 aromatic rings. The minimum Gasteiger partial charge on any atom is -0.454 e. The Morgan fingerprint density at radius 2 is 1.87 bits per heavy atom. The predicted octanol–water partition coefficient (Wildman–Crippen LogP) is 3.75. The maximum atomic E-state index is 12.6. The van der Waals surface area contributed by atoms with E-state index in [4.69, 9.17) is 14.2 Å². The second kappa shape index (κ2) is 11.2. The number of benzene rings is 1. The minimum absolute atomic E-state index is 0.224. The molecule has 0 saturated heterocycles. The topological polar surface area (TPSA) is 95.9 Å². The van der Waals surface area contributed by atoms with E-state index in [-0.39, 0.29) is 24.6 Å². The zero-order valence-electron chi connectivity index (χ0n) is 17.8. The highest BCUT2D eigenvalue weighted by molar-refractivity contribution is 6.00. The van der Waals surface area contributed by atoms with Crippen LogP contribution in [-0.4, -0.2) is 49.3 Å². The van der Waals surface area contributed by atoms with Crippen LogP contribution in [0.25, 0.3) is 0 Å². The van der Waals surface area contributed by atoms with Crippen LogP contribution < -0.4 is 5.32 Å². The second-order valence-electron chi connectivity index (χ2n) is 6.71. The van der Waals surface area contributed by atoms with Crippen molar-refractivity contribution >= 4 is 23.5 Å². The van der Waals surface area contributed by atoms with Gasteiger partial charge in [-0.1, -0.05) is 6.07 Å². The molecule has 1 amide bonds. The molecule has 162 valence electrons. The zero-order chi connectivity index (χ0) is 22.1. The number of nitrogens with one attached hydrogen (secondary N) is 1. The van der Waals surface area contributed by atoms with Crippen molar-refractivity contribution in [2.75, 3.05) is 32.2 Å². The number of hydrogen-bond donors (Lipinski definition) is 1. The number of Topliss-reactive ketones (excluding diaryl/α,β-unsaturated/α-hetero) is 1. The molecule has 0 spiro atoms. The number of ketones is 1. The lowest BCUT2D eigenvalue weighted by Crippen LogP contribution is -2.16. The van der Waals surface area contributed by atoms with Gasteiger partial charge in [0.1, 0.15) is 0 Å². The Kier molecular flexibility index (Phi) is 8.61. The number of esters is 1. The van der Waals surface area contributed by atoms with Crippen molar-refractivity contribution < 1.29 is 28.6 Å². The number of methoxy groups -OCH3 is 1. The first kappa shape index (κ1) is 23.2. The maximum absolute atomic E-state index is 12.6. The summed E-state index contributed by atoms with van der Waals surface area (Å²) in [5.41, 5.74) is 2.97. The monoisotopic (exact) mass is 416 g/mol. The van der Waals surface area contributed by atoms with Gasteiger partial charge in [-0.05, 0) is 51.5 Å². The summed E-state index contributed by atoms with van der Waals surface area (Å²) in [5, 5.41) is 2.52. The number of nitrogens with zero attached hydrogens (tertiary/aromatic N) is 1. The van der Waals surface area contributed by atoms with Crippen LogP contribution in [0.5, 0.6) is 0 Å². The Labute approximate surface area is 176 Å². The average Bonchev–Trinajstić information content (AvgIpc) is 3.00. The fraction of sp³-hybridized carbons (Fsp3) is 0.409.